The fourth-order valence-corrected chi connectivity index (χ4v) is 3.53. The van der Waals surface area contributed by atoms with E-state index < -0.39 is 0 Å². The normalized spacial score (nSPS) is 21.6. The van der Waals surface area contributed by atoms with Gasteiger partial charge in [-0.05, 0) is 35.8 Å². The van der Waals surface area contributed by atoms with E-state index in [1.807, 2.05) is 52.0 Å². The molecule has 2 heteroatoms. The van der Waals surface area contributed by atoms with Gasteiger partial charge in [-0.15, -0.1) is 6.58 Å². The first kappa shape index (κ1) is 24.3. The van der Waals surface area contributed by atoms with Crippen molar-refractivity contribution in [1.82, 2.24) is 4.90 Å². The number of aryl methyl sites for hydroxylation is 1. The van der Waals surface area contributed by atoms with Gasteiger partial charge in [0.2, 0.25) is 0 Å². The second-order valence-electron chi connectivity index (χ2n) is 6.62. The third kappa shape index (κ3) is 5.00. The van der Waals surface area contributed by atoms with Crippen molar-refractivity contribution >= 4 is 6.08 Å². The third-order valence-corrected chi connectivity index (χ3v) is 5.10. The van der Waals surface area contributed by atoms with Gasteiger partial charge in [0.15, 0.2) is 0 Å². The van der Waals surface area contributed by atoms with Crippen LogP contribution in [0.4, 0.5) is 0 Å². The quantitative estimate of drug-likeness (QED) is 0.491. The van der Waals surface area contributed by atoms with Gasteiger partial charge in [0, 0.05) is 18.9 Å². The fraction of sp³-hybridized carbons (Fsp3) is 0.333. The second kappa shape index (κ2) is 11.3. The van der Waals surface area contributed by atoms with Gasteiger partial charge in [-0.25, -0.2) is 0 Å². The third-order valence-electron chi connectivity index (χ3n) is 5.10. The number of hydrogen-bond acceptors (Lipinski definition) is 2. The van der Waals surface area contributed by atoms with Crippen LogP contribution in [0.2, 0.25) is 0 Å². The van der Waals surface area contributed by atoms with Gasteiger partial charge in [-0.1, -0.05) is 84.2 Å². The van der Waals surface area contributed by atoms with Crippen LogP contribution in [0.25, 0.3) is 6.08 Å². The minimum atomic E-state index is 0.199. The van der Waals surface area contributed by atoms with E-state index in [9.17, 15) is 0 Å². The maximum Gasteiger partial charge on any atom is 0.143 e. The van der Waals surface area contributed by atoms with Crippen LogP contribution < -0.4 is 0 Å². The summed E-state index contributed by atoms with van der Waals surface area (Å²) in [6, 6.07) is 8.31. The summed E-state index contributed by atoms with van der Waals surface area (Å²) < 4.78 is 6.17. The predicted molar refractivity (Wildman–Crippen MR) is 128 cm³/mol. The molecule has 0 spiro atoms. The molecule has 0 aromatic heterocycles. The number of likely N-dealkylation sites (N-methyl/N-ethyl adjacent to an activating group) is 1. The van der Waals surface area contributed by atoms with Crippen LogP contribution in [0.3, 0.4) is 0 Å². The average molecular weight is 392 g/mol. The molecule has 2 nitrogen and oxygen atoms in total. The van der Waals surface area contributed by atoms with E-state index in [2.05, 4.69) is 69.8 Å². The average Bonchev–Trinajstić information content (AvgIpc) is 2.75. The van der Waals surface area contributed by atoms with Crippen molar-refractivity contribution < 1.29 is 4.74 Å². The zero-order valence-corrected chi connectivity index (χ0v) is 19.3. The maximum absolute atomic E-state index is 6.17. The van der Waals surface area contributed by atoms with Crippen LogP contribution in [0, 0.1) is 18.8 Å². The minimum Gasteiger partial charge on any atom is -0.458 e. The Morgan fingerprint density at radius 3 is 2.24 bits per heavy atom. The molecule has 1 aromatic rings. The summed E-state index contributed by atoms with van der Waals surface area (Å²) in [5, 5.41) is 0. The summed E-state index contributed by atoms with van der Waals surface area (Å²) in [5.74, 6) is 2.03. The largest absolute Gasteiger partial charge is 0.458 e. The van der Waals surface area contributed by atoms with E-state index in [0.717, 1.165) is 17.2 Å². The molecular weight excluding hydrogens is 354 g/mol. The molecule has 1 aliphatic carbocycles. The highest BCUT2D eigenvalue weighted by Gasteiger charge is 2.35. The molecule has 2 aliphatic rings. The highest BCUT2D eigenvalue weighted by Crippen LogP contribution is 2.43. The summed E-state index contributed by atoms with van der Waals surface area (Å²) in [7, 11) is 2.06. The van der Waals surface area contributed by atoms with Crippen LogP contribution in [-0.2, 0) is 4.74 Å². The predicted octanol–water partition coefficient (Wildman–Crippen LogP) is 7.64. The number of benzene rings is 1. The van der Waals surface area contributed by atoms with E-state index in [1.165, 1.54) is 16.7 Å². The number of ether oxygens (including phenoxy) is 1. The Morgan fingerprint density at radius 1 is 1.07 bits per heavy atom. The molecular formula is C27H37NO. The number of allylic oxidation sites excluding steroid dienone is 5. The Hall–Kier alpha value is -2.74. The standard InChI is InChI=1S/C23H25NO.2C2H6/c1-7-18-13-22-23(16(4)20(18)8-2)25-17(5)21(24(22)6)14-19-12-10-9-11-15(19)3;2*1-2/h7-14,16,20H,1-2,5H2,3-4,6H3;2*1-2H3/b21-14+;;. The topological polar surface area (TPSA) is 12.5 Å². The van der Waals surface area contributed by atoms with Crippen molar-refractivity contribution in [3.8, 4) is 0 Å². The second-order valence-corrected chi connectivity index (χ2v) is 6.62. The Labute approximate surface area is 178 Å². The first-order valence-corrected chi connectivity index (χ1v) is 10.6. The zero-order chi connectivity index (χ0) is 22.1. The van der Waals surface area contributed by atoms with Gasteiger partial charge < -0.3 is 9.64 Å². The van der Waals surface area contributed by atoms with Crippen LogP contribution in [0.5, 0.6) is 0 Å². The molecule has 2 unspecified atom stereocenters. The summed E-state index contributed by atoms with van der Waals surface area (Å²) in [6.07, 6.45) is 8.15. The highest BCUT2D eigenvalue weighted by atomic mass is 16.5. The molecule has 1 heterocycles. The molecule has 2 atom stereocenters. The SMILES string of the molecule is C=CC1=CC2=C(OC(=C)/C(=C\c3ccccc3C)N2C)C(C)C1C=C.CC.CC. The van der Waals surface area contributed by atoms with Gasteiger partial charge in [0.1, 0.15) is 11.5 Å². The molecule has 0 saturated carbocycles. The van der Waals surface area contributed by atoms with Gasteiger partial charge in [0.05, 0.1) is 11.4 Å². The number of hydrogen-bond donors (Lipinski definition) is 0. The lowest BCUT2D eigenvalue weighted by atomic mass is 9.80. The van der Waals surface area contributed by atoms with Crippen molar-refractivity contribution in [2.75, 3.05) is 7.05 Å². The van der Waals surface area contributed by atoms with Crippen LogP contribution in [0.1, 0.15) is 45.7 Å². The molecule has 156 valence electrons. The zero-order valence-electron chi connectivity index (χ0n) is 19.3. The van der Waals surface area contributed by atoms with E-state index in [-0.39, 0.29) is 11.8 Å². The van der Waals surface area contributed by atoms with Crippen LogP contribution >= 0.6 is 0 Å². The van der Waals surface area contributed by atoms with Gasteiger partial charge in [-0.3, -0.25) is 0 Å². The smallest absolute Gasteiger partial charge is 0.143 e. The summed E-state index contributed by atoms with van der Waals surface area (Å²) in [6.45, 7) is 24.4. The Morgan fingerprint density at radius 2 is 1.69 bits per heavy atom. The number of rotatable bonds is 3. The lowest BCUT2D eigenvalue weighted by molar-refractivity contribution is 0.201. The Kier molecular flexibility index (Phi) is 9.47. The molecule has 0 radical (unpaired) electrons. The fourth-order valence-electron chi connectivity index (χ4n) is 3.53. The van der Waals surface area contributed by atoms with E-state index in [4.69, 9.17) is 4.74 Å². The van der Waals surface area contributed by atoms with Crippen molar-refractivity contribution in [3.05, 3.63) is 102 Å². The molecule has 0 saturated heterocycles. The molecule has 0 bridgehead atoms. The van der Waals surface area contributed by atoms with Crippen molar-refractivity contribution in [3.63, 3.8) is 0 Å². The lowest BCUT2D eigenvalue weighted by Gasteiger charge is -2.39. The highest BCUT2D eigenvalue weighted by molar-refractivity contribution is 5.62. The van der Waals surface area contributed by atoms with Crippen molar-refractivity contribution in [1.29, 1.82) is 0 Å². The summed E-state index contributed by atoms with van der Waals surface area (Å²) in [4.78, 5) is 2.16. The number of nitrogens with zero attached hydrogens (tertiary/aromatic N) is 1. The van der Waals surface area contributed by atoms with Crippen LogP contribution in [-0.4, -0.2) is 11.9 Å². The molecule has 1 aliphatic heterocycles. The Balaban J connectivity index is 0.000000989. The van der Waals surface area contributed by atoms with Gasteiger partial charge >= 0.3 is 0 Å². The van der Waals surface area contributed by atoms with E-state index >= 15 is 0 Å². The van der Waals surface area contributed by atoms with Gasteiger partial charge in [-0.2, -0.15) is 0 Å². The Bertz CT molecular complexity index is 838. The summed E-state index contributed by atoms with van der Waals surface area (Å²) >= 11 is 0. The summed E-state index contributed by atoms with van der Waals surface area (Å²) in [5.41, 5.74) is 5.59. The minimum absolute atomic E-state index is 0.199. The molecule has 0 N–H and O–H groups in total. The molecule has 3 rings (SSSR count). The molecule has 29 heavy (non-hydrogen) atoms. The molecule has 0 fully saturated rings. The van der Waals surface area contributed by atoms with E-state index in [0.29, 0.717) is 5.76 Å². The van der Waals surface area contributed by atoms with Crippen molar-refractivity contribution in [2.24, 2.45) is 11.8 Å². The maximum atomic E-state index is 6.17. The molecule has 1 aromatic carbocycles. The monoisotopic (exact) mass is 391 g/mol. The van der Waals surface area contributed by atoms with Crippen molar-refractivity contribution in [2.45, 2.75) is 41.5 Å². The first-order chi connectivity index (χ1) is 14.0. The van der Waals surface area contributed by atoms with Crippen LogP contribution in [0.15, 0.2) is 90.7 Å². The molecule has 0 amide bonds. The van der Waals surface area contributed by atoms with Gasteiger partial charge in [0.25, 0.3) is 0 Å². The lowest BCUT2D eigenvalue weighted by Crippen LogP contribution is -2.32. The first-order valence-electron chi connectivity index (χ1n) is 10.6. The van der Waals surface area contributed by atoms with E-state index in [1.54, 1.807) is 0 Å².